The van der Waals surface area contributed by atoms with Crippen LogP contribution in [-0.2, 0) is 5.41 Å². The van der Waals surface area contributed by atoms with Gasteiger partial charge in [0, 0.05) is 29.4 Å². The van der Waals surface area contributed by atoms with Crippen LogP contribution < -0.4 is 10.2 Å². The number of carbonyl (C=O) groups excluding carboxylic acids is 1. The first-order valence-electron chi connectivity index (χ1n) is 8.03. The molecule has 132 valence electrons. The number of piperidine rings is 1. The smallest absolute Gasteiger partial charge is 0.258 e. The average Bonchev–Trinajstić information content (AvgIpc) is 2.88. The van der Waals surface area contributed by atoms with Gasteiger partial charge in [0.05, 0.1) is 0 Å². The Hall–Kier alpha value is -1.69. The molecule has 4 rings (SSSR count). The molecule has 4 nitrogen and oxygen atoms in total. The zero-order chi connectivity index (χ0) is 16.7. The van der Waals surface area contributed by atoms with Gasteiger partial charge in [-0.3, -0.25) is 4.79 Å². The minimum absolute atomic E-state index is 0. The summed E-state index contributed by atoms with van der Waals surface area (Å²) in [5.41, 5.74) is 2.07. The van der Waals surface area contributed by atoms with E-state index in [1.807, 2.05) is 0 Å². The number of nitrogens with one attached hydrogen (secondary N) is 1. The molecule has 1 aromatic carbocycles. The molecule has 1 fully saturated rings. The third-order valence-electron chi connectivity index (χ3n) is 5.06. The summed E-state index contributed by atoms with van der Waals surface area (Å²) in [6.45, 7) is 2.32. The number of carbonyl (C=O) groups is 1. The Labute approximate surface area is 156 Å². The van der Waals surface area contributed by atoms with E-state index >= 15 is 0 Å². The van der Waals surface area contributed by atoms with E-state index in [0.29, 0.717) is 12.1 Å². The van der Waals surface area contributed by atoms with E-state index in [0.717, 1.165) is 37.2 Å². The zero-order valence-corrected chi connectivity index (χ0v) is 15.0. The Balaban J connectivity index is 0.00000182. The number of halogens is 3. The molecule has 3 heterocycles. The Morgan fingerprint density at radius 2 is 2.00 bits per heavy atom. The van der Waals surface area contributed by atoms with E-state index in [2.05, 4.69) is 10.3 Å². The molecular formula is C18H18Cl2FN3O. The molecule has 1 aromatic heterocycles. The van der Waals surface area contributed by atoms with Crippen LogP contribution in [0.2, 0.25) is 5.15 Å². The van der Waals surface area contributed by atoms with Crippen molar-refractivity contribution in [1.29, 1.82) is 0 Å². The summed E-state index contributed by atoms with van der Waals surface area (Å²) in [5.74, 6) is -0.379. The molecule has 1 spiro atoms. The lowest BCUT2D eigenvalue weighted by Gasteiger charge is -2.34. The zero-order valence-electron chi connectivity index (χ0n) is 13.5. The Morgan fingerprint density at radius 3 is 2.72 bits per heavy atom. The topological polar surface area (TPSA) is 45.2 Å². The number of aromatic nitrogens is 1. The fourth-order valence-electron chi connectivity index (χ4n) is 3.85. The molecule has 0 aliphatic carbocycles. The van der Waals surface area contributed by atoms with Crippen molar-refractivity contribution < 1.29 is 9.18 Å². The van der Waals surface area contributed by atoms with Crippen LogP contribution in [-0.4, -0.2) is 30.5 Å². The highest BCUT2D eigenvalue weighted by Crippen LogP contribution is 2.46. The highest BCUT2D eigenvalue weighted by atomic mass is 35.5. The molecule has 7 heteroatoms. The monoisotopic (exact) mass is 381 g/mol. The lowest BCUT2D eigenvalue weighted by molar-refractivity contribution is 0.0982. The summed E-state index contributed by atoms with van der Waals surface area (Å²) in [4.78, 5) is 18.7. The van der Waals surface area contributed by atoms with Crippen LogP contribution in [0.4, 0.5) is 10.1 Å². The van der Waals surface area contributed by atoms with Gasteiger partial charge in [-0.2, -0.15) is 0 Å². The van der Waals surface area contributed by atoms with Gasteiger partial charge in [0.1, 0.15) is 11.0 Å². The lowest BCUT2D eigenvalue weighted by atomic mass is 9.75. The molecular weight excluding hydrogens is 364 g/mol. The number of benzene rings is 1. The van der Waals surface area contributed by atoms with E-state index in [1.165, 1.54) is 12.3 Å². The van der Waals surface area contributed by atoms with Crippen LogP contribution in [0.1, 0.15) is 28.8 Å². The Morgan fingerprint density at radius 1 is 1.24 bits per heavy atom. The molecule has 2 aliphatic heterocycles. The van der Waals surface area contributed by atoms with Crippen molar-refractivity contribution in [3.63, 3.8) is 0 Å². The van der Waals surface area contributed by atoms with Gasteiger partial charge < -0.3 is 10.2 Å². The number of anilines is 1. The van der Waals surface area contributed by atoms with Crippen molar-refractivity contribution >= 4 is 35.6 Å². The predicted octanol–water partition coefficient (Wildman–Crippen LogP) is 3.58. The molecule has 2 aliphatic rings. The first-order valence-corrected chi connectivity index (χ1v) is 8.41. The average molecular weight is 382 g/mol. The van der Waals surface area contributed by atoms with Crippen molar-refractivity contribution in [2.24, 2.45) is 0 Å². The minimum atomic E-state index is -0.257. The number of hydrogen-bond donors (Lipinski definition) is 1. The minimum Gasteiger partial charge on any atom is -0.317 e. The van der Waals surface area contributed by atoms with Gasteiger partial charge >= 0.3 is 0 Å². The maximum atomic E-state index is 13.9. The van der Waals surface area contributed by atoms with Gasteiger partial charge in [0.2, 0.25) is 0 Å². The number of hydrogen-bond acceptors (Lipinski definition) is 3. The first kappa shape index (κ1) is 18.1. The van der Waals surface area contributed by atoms with Crippen molar-refractivity contribution in [2.45, 2.75) is 18.3 Å². The Bertz CT molecular complexity index is 809. The van der Waals surface area contributed by atoms with Crippen LogP contribution in [0.15, 0.2) is 36.5 Å². The summed E-state index contributed by atoms with van der Waals surface area (Å²) in [5, 5.41) is 3.63. The predicted molar refractivity (Wildman–Crippen MR) is 98.4 cm³/mol. The molecule has 1 amide bonds. The summed E-state index contributed by atoms with van der Waals surface area (Å²) >= 11 is 5.92. The third-order valence-corrected chi connectivity index (χ3v) is 5.27. The SMILES string of the molecule is Cl.O=C(c1ccnc(Cl)c1)N1CC2(CCNCC2)c2cc(F)ccc21. The van der Waals surface area contributed by atoms with Crippen LogP contribution >= 0.6 is 24.0 Å². The van der Waals surface area contributed by atoms with Gasteiger partial charge in [-0.15, -0.1) is 12.4 Å². The third kappa shape index (κ3) is 3.12. The highest BCUT2D eigenvalue weighted by molar-refractivity contribution is 6.29. The van der Waals surface area contributed by atoms with Crippen molar-refractivity contribution in [3.8, 4) is 0 Å². The molecule has 1 saturated heterocycles. The molecule has 1 N–H and O–H groups in total. The van der Waals surface area contributed by atoms with Crippen molar-refractivity contribution in [2.75, 3.05) is 24.5 Å². The van der Waals surface area contributed by atoms with E-state index in [4.69, 9.17) is 11.6 Å². The summed E-state index contributed by atoms with van der Waals surface area (Å²) in [7, 11) is 0. The number of pyridine rings is 1. The second-order valence-corrected chi connectivity index (χ2v) is 6.84. The molecule has 2 aromatic rings. The normalized spacial score (nSPS) is 17.9. The summed E-state index contributed by atoms with van der Waals surface area (Å²) in [6.07, 6.45) is 3.31. The van der Waals surface area contributed by atoms with Crippen molar-refractivity contribution in [1.82, 2.24) is 10.3 Å². The summed E-state index contributed by atoms with van der Waals surface area (Å²) < 4.78 is 13.9. The van der Waals surface area contributed by atoms with Crippen LogP contribution in [0, 0.1) is 5.82 Å². The number of nitrogens with zero attached hydrogens (tertiary/aromatic N) is 2. The van der Waals surface area contributed by atoms with Gasteiger partial charge in [-0.05, 0) is 61.8 Å². The number of rotatable bonds is 1. The second-order valence-electron chi connectivity index (χ2n) is 6.45. The number of fused-ring (bicyclic) bond motifs is 2. The van der Waals surface area contributed by atoms with Crippen LogP contribution in [0.25, 0.3) is 0 Å². The Kier molecular flexibility index (Phi) is 5.00. The van der Waals surface area contributed by atoms with E-state index in [1.54, 1.807) is 29.2 Å². The standard InChI is InChI=1S/C18H17ClFN3O.ClH/c19-16-9-12(3-6-22-16)17(24)23-11-18(4-7-21-8-5-18)14-10-13(20)1-2-15(14)23;/h1-3,6,9-10,21H,4-5,7-8,11H2;1H. The van der Waals surface area contributed by atoms with Gasteiger partial charge in [0.25, 0.3) is 5.91 Å². The second kappa shape index (κ2) is 6.90. The summed E-state index contributed by atoms with van der Waals surface area (Å²) in [6, 6.07) is 7.94. The fraction of sp³-hybridized carbons (Fsp3) is 0.333. The quantitative estimate of drug-likeness (QED) is 0.767. The highest BCUT2D eigenvalue weighted by Gasteiger charge is 2.45. The maximum absolute atomic E-state index is 13.9. The van der Waals surface area contributed by atoms with Gasteiger partial charge in [-0.25, -0.2) is 9.37 Å². The van der Waals surface area contributed by atoms with Crippen molar-refractivity contribution in [3.05, 3.63) is 58.6 Å². The van der Waals surface area contributed by atoms with Gasteiger partial charge in [0.15, 0.2) is 0 Å². The lowest BCUT2D eigenvalue weighted by Crippen LogP contribution is -2.44. The van der Waals surface area contributed by atoms with E-state index in [-0.39, 0.29) is 34.7 Å². The first-order chi connectivity index (χ1) is 11.6. The molecule has 0 saturated carbocycles. The molecule has 0 unspecified atom stereocenters. The van der Waals surface area contributed by atoms with E-state index in [9.17, 15) is 9.18 Å². The van der Waals surface area contributed by atoms with E-state index < -0.39 is 0 Å². The number of amides is 1. The molecule has 0 bridgehead atoms. The maximum Gasteiger partial charge on any atom is 0.258 e. The molecule has 25 heavy (non-hydrogen) atoms. The van der Waals surface area contributed by atoms with Crippen LogP contribution in [0.5, 0.6) is 0 Å². The van der Waals surface area contributed by atoms with Gasteiger partial charge in [-0.1, -0.05) is 11.6 Å². The molecule has 0 atom stereocenters. The molecule has 0 radical (unpaired) electrons. The van der Waals surface area contributed by atoms with Crippen LogP contribution in [0.3, 0.4) is 0 Å². The fourth-order valence-corrected chi connectivity index (χ4v) is 4.02. The largest absolute Gasteiger partial charge is 0.317 e.